The second-order valence-electron chi connectivity index (χ2n) is 10.5. The quantitative estimate of drug-likeness (QED) is 0.221. The summed E-state index contributed by atoms with van der Waals surface area (Å²) in [7, 11) is 0. The molecule has 0 bridgehead atoms. The van der Waals surface area contributed by atoms with Crippen molar-refractivity contribution in [3.8, 4) is 17.0 Å². The van der Waals surface area contributed by atoms with E-state index >= 15 is 0 Å². The molecule has 0 aliphatic carbocycles. The van der Waals surface area contributed by atoms with Crippen molar-refractivity contribution in [3.63, 3.8) is 0 Å². The van der Waals surface area contributed by atoms with Gasteiger partial charge in [-0.1, -0.05) is 41.9 Å². The fourth-order valence-electron chi connectivity index (χ4n) is 5.45. The van der Waals surface area contributed by atoms with E-state index in [1.165, 1.54) is 34.5 Å². The maximum atomic E-state index is 13.4. The number of hydrogen-bond acceptors (Lipinski definition) is 7. The molecule has 44 heavy (non-hydrogen) atoms. The summed E-state index contributed by atoms with van der Waals surface area (Å²) in [5.74, 6) is -0.576. The number of alkyl halides is 2. The van der Waals surface area contributed by atoms with Crippen LogP contribution in [0.4, 0.5) is 14.5 Å². The van der Waals surface area contributed by atoms with Gasteiger partial charge >= 0.3 is 6.61 Å². The van der Waals surface area contributed by atoms with Crippen molar-refractivity contribution in [3.05, 3.63) is 95.5 Å². The number of amides is 1. The number of nitrogens with zero attached hydrogens (tertiary/aromatic N) is 7. The average Bonchev–Trinajstić information content (AvgIpc) is 3.65. The Morgan fingerprint density at radius 1 is 1.07 bits per heavy atom. The normalized spacial score (nSPS) is 15.1. The van der Waals surface area contributed by atoms with Gasteiger partial charge in [-0.3, -0.25) is 19.3 Å². The minimum Gasteiger partial charge on any atom is -0.434 e. The lowest BCUT2D eigenvalue weighted by Gasteiger charge is -2.38. The number of hydrogen-bond donors (Lipinski definition) is 1. The third-order valence-corrected chi connectivity index (χ3v) is 8.06. The third-order valence-electron chi connectivity index (χ3n) is 7.83. The molecule has 4 heterocycles. The lowest BCUT2D eigenvalue weighted by molar-refractivity contribution is -0.0494. The van der Waals surface area contributed by atoms with E-state index in [0.717, 1.165) is 32.7 Å². The minimum atomic E-state index is -3.05. The summed E-state index contributed by atoms with van der Waals surface area (Å²) in [6.07, 6.45) is 6.36. The zero-order valence-electron chi connectivity index (χ0n) is 24.0. The van der Waals surface area contributed by atoms with E-state index < -0.39 is 12.5 Å². The molecule has 1 aliphatic rings. The number of piperazine rings is 1. The first-order chi connectivity index (χ1) is 21.4. The lowest BCUT2D eigenvalue weighted by atomic mass is 10.1. The molecule has 13 heteroatoms. The van der Waals surface area contributed by atoms with Gasteiger partial charge in [0.1, 0.15) is 17.0 Å². The second-order valence-corrected chi connectivity index (χ2v) is 11.0. The van der Waals surface area contributed by atoms with E-state index in [1.807, 2.05) is 6.07 Å². The highest BCUT2D eigenvalue weighted by atomic mass is 35.5. The molecule has 1 unspecified atom stereocenters. The molecule has 1 fully saturated rings. The monoisotopic (exact) mass is 620 g/mol. The van der Waals surface area contributed by atoms with E-state index in [4.69, 9.17) is 21.4 Å². The Labute approximate surface area is 257 Å². The fourth-order valence-corrected chi connectivity index (χ4v) is 5.62. The van der Waals surface area contributed by atoms with Gasteiger partial charge < -0.3 is 10.1 Å². The van der Waals surface area contributed by atoms with E-state index in [9.17, 15) is 13.6 Å². The summed E-state index contributed by atoms with van der Waals surface area (Å²) >= 11 is 6.26. The molecule has 3 aromatic heterocycles. The molecule has 2 aromatic carbocycles. The first-order valence-electron chi connectivity index (χ1n) is 14.3. The molecule has 1 atom stereocenters. The predicted octanol–water partition coefficient (Wildman–Crippen LogP) is 5.48. The lowest BCUT2D eigenvalue weighted by Crippen LogP contribution is -2.47. The fraction of sp³-hybridized carbons (Fsp3) is 0.290. The van der Waals surface area contributed by atoms with E-state index in [0.29, 0.717) is 28.9 Å². The van der Waals surface area contributed by atoms with Gasteiger partial charge in [-0.25, -0.2) is 9.50 Å². The maximum absolute atomic E-state index is 13.4. The van der Waals surface area contributed by atoms with Crippen molar-refractivity contribution in [1.82, 2.24) is 34.2 Å². The molecule has 6 rings (SSSR count). The van der Waals surface area contributed by atoms with Crippen molar-refractivity contribution >= 4 is 28.8 Å². The number of nitrogens with one attached hydrogen (secondary N) is 1. The number of anilines is 1. The number of benzene rings is 2. The number of fused-ring (bicyclic) bond motifs is 1. The van der Waals surface area contributed by atoms with E-state index in [1.54, 1.807) is 29.3 Å². The standard InChI is InChI=1S/C31H31ClF2N8O2/c1-21(22-6-3-2-4-7-22)40-15-12-39(13-16-40)14-17-41-20-26(37-30(43)25-19-36-42-11-5-10-35-29(25)42)28(38-41)24-18-23(32)8-9-27(24)44-31(33)34/h2-11,18-21,31H,12-17H2,1H3,(H,37,43). The first-order valence-corrected chi connectivity index (χ1v) is 14.7. The zero-order chi connectivity index (χ0) is 30.6. The van der Waals surface area contributed by atoms with Crippen molar-refractivity contribution in [2.24, 2.45) is 0 Å². The van der Waals surface area contributed by atoms with Crippen molar-refractivity contribution in [2.45, 2.75) is 26.1 Å². The molecule has 1 saturated heterocycles. The van der Waals surface area contributed by atoms with Gasteiger partial charge in [0, 0.05) is 67.9 Å². The molecule has 1 amide bonds. The SMILES string of the molecule is CC(c1ccccc1)N1CCN(CCn2cc(NC(=O)c3cnn4cccnc34)c(-c3cc(Cl)ccc3OC(F)F)n2)CC1. The summed E-state index contributed by atoms with van der Waals surface area (Å²) in [6.45, 7) is 4.09. The van der Waals surface area contributed by atoms with Crippen LogP contribution in [0.15, 0.2) is 79.4 Å². The number of halogens is 3. The Kier molecular flexibility index (Phi) is 8.82. The molecule has 0 radical (unpaired) electrons. The molecule has 228 valence electrons. The molecule has 5 aromatic rings. The topological polar surface area (TPSA) is 92.8 Å². The Balaban J connectivity index is 1.21. The van der Waals surface area contributed by atoms with Crippen LogP contribution in [0.2, 0.25) is 5.02 Å². The van der Waals surface area contributed by atoms with Crippen LogP contribution in [-0.2, 0) is 6.54 Å². The van der Waals surface area contributed by atoms with Crippen molar-refractivity contribution < 1.29 is 18.3 Å². The number of ether oxygens (including phenoxy) is 1. The summed E-state index contributed by atoms with van der Waals surface area (Å²) in [4.78, 5) is 22.5. The van der Waals surface area contributed by atoms with E-state index in [-0.39, 0.29) is 22.6 Å². The Bertz CT molecular complexity index is 1740. The first kappa shape index (κ1) is 29.7. The summed E-state index contributed by atoms with van der Waals surface area (Å²) < 4.78 is 34.6. The van der Waals surface area contributed by atoms with Crippen LogP contribution in [0.25, 0.3) is 16.9 Å². The Hall–Kier alpha value is -4.39. The summed E-state index contributed by atoms with van der Waals surface area (Å²) in [5, 5.41) is 12.1. The van der Waals surface area contributed by atoms with Gasteiger partial charge in [-0.15, -0.1) is 0 Å². The van der Waals surface area contributed by atoms with Gasteiger partial charge in [0.25, 0.3) is 5.91 Å². The molecule has 1 aliphatic heterocycles. The highest BCUT2D eigenvalue weighted by Gasteiger charge is 2.24. The highest BCUT2D eigenvalue weighted by molar-refractivity contribution is 6.31. The molecular formula is C31H31ClF2N8O2. The van der Waals surface area contributed by atoms with Crippen LogP contribution in [0, 0.1) is 0 Å². The Morgan fingerprint density at radius 3 is 2.64 bits per heavy atom. The third kappa shape index (κ3) is 6.57. The molecular weight excluding hydrogens is 590 g/mol. The van der Waals surface area contributed by atoms with Gasteiger partial charge in [0.2, 0.25) is 0 Å². The maximum Gasteiger partial charge on any atom is 0.387 e. The summed E-state index contributed by atoms with van der Waals surface area (Å²) in [5.41, 5.74) is 2.73. The highest BCUT2D eigenvalue weighted by Crippen LogP contribution is 2.37. The largest absolute Gasteiger partial charge is 0.434 e. The molecule has 0 saturated carbocycles. The molecule has 0 spiro atoms. The van der Waals surface area contributed by atoms with Crippen molar-refractivity contribution in [1.29, 1.82) is 0 Å². The number of carbonyl (C=O) groups excluding carboxylic acids is 1. The van der Waals surface area contributed by atoms with Crippen molar-refractivity contribution in [2.75, 3.05) is 38.0 Å². The van der Waals surface area contributed by atoms with Crippen LogP contribution < -0.4 is 10.1 Å². The van der Waals surface area contributed by atoms with Gasteiger partial charge in [0.05, 0.1) is 18.4 Å². The molecule has 10 nitrogen and oxygen atoms in total. The van der Waals surface area contributed by atoms with Crippen LogP contribution >= 0.6 is 11.6 Å². The van der Waals surface area contributed by atoms with E-state index in [2.05, 4.69) is 56.4 Å². The number of rotatable bonds is 10. The predicted molar refractivity (Wildman–Crippen MR) is 163 cm³/mol. The van der Waals surface area contributed by atoms with Crippen LogP contribution in [-0.4, -0.2) is 79.4 Å². The zero-order valence-corrected chi connectivity index (χ0v) is 24.7. The van der Waals surface area contributed by atoms with Gasteiger partial charge in [0.15, 0.2) is 5.65 Å². The molecule has 1 N–H and O–H groups in total. The number of carbonyl (C=O) groups is 1. The average molecular weight is 621 g/mol. The Morgan fingerprint density at radius 2 is 1.86 bits per heavy atom. The second kappa shape index (κ2) is 13.1. The van der Waals surface area contributed by atoms with Gasteiger partial charge in [-0.05, 0) is 36.8 Å². The minimum absolute atomic E-state index is 0.105. The van der Waals surface area contributed by atoms with Crippen LogP contribution in [0.1, 0.15) is 28.9 Å². The van der Waals surface area contributed by atoms with Crippen LogP contribution in [0.5, 0.6) is 5.75 Å². The summed E-state index contributed by atoms with van der Waals surface area (Å²) in [6, 6.07) is 16.8. The van der Waals surface area contributed by atoms with Crippen LogP contribution in [0.3, 0.4) is 0 Å². The number of aromatic nitrogens is 5. The van der Waals surface area contributed by atoms with Gasteiger partial charge in [-0.2, -0.15) is 19.0 Å². The smallest absolute Gasteiger partial charge is 0.387 e.